The molecule has 1 saturated heterocycles. The zero-order valence-electron chi connectivity index (χ0n) is 8.96. The average molecular weight is 223 g/mol. The molecule has 2 aliphatic heterocycles. The molecule has 1 unspecified atom stereocenters. The summed E-state index contributed by atoms with van der Waals surface area (Å²) < 4.78 is 24.4. The summed E-state index contributed by atoms with van der Waals surface area (Å²) in [6.45, 7) is 1.66. The van der Waals surface area contributed by atoms with E-state index in [2.05, 4.69) is 5.32 Å². The summed E-state index contributed by atoms with van der Waals surface area (Å²) in [4.78, 5) is 0. The minimum absolute atomic E-state index is 0.136. The summed E-state index contributed by atoms with van der Waals surface area (Å²) in [6, 6.07) is 3.48. The van der Waals surface area contributed by atoms with Crippen molar-refractivity contribution in [1.82, 2.24) is 5.32 Å². The summed E-state index contributed by atoms with van der Waals surface area (Å²) in [5.74, 6) is 0.601. The number of benzene rings is 1. The van der Waals surface area contributed by atoms with Crippen molar-refractivity contribution in [2.24, 2.45) is 0 Å². The van der Waals surface area contributed by atoms with Crippen LogP contribution < -0.4 is 10.1 Å². The highest BCUT2D eigenvalue weighted by Gasteiger charge is 2.22. The molecule has 4 heteroatoms. The Morgan fingerprint density at radius 1 is 1.38 bits per heavy atom. The molecule has 0 spiro atoms. The van der Waals surface area contributed by atoms with Gasteiger partial charge in [0.1, 0.15) is 11.6 Å². The summed E-state index contributed by atoms with van der Waals surface area (Å²) in [5, 5.41) is 3.29. The Morgan fingerprint density at radius 3 is 3.12 bits per heavy atom. The van der Waals surface area contributed by atoms with Gasteiger partial charge in [0.2, 0.25) is 0 Å². The third-order valence-corrected chi connectivity index (χ3v) is 3.17. The number of hydrogen-bond acceptors (Lipinski definition) is 3. The van der Waals surface area contributed by atoms with E-state index in [0.29, 0.717) is 6.61 Å². The topological polar surface area (TPSA) is 30.5 Å². The molecular formula is C12H14FNO2. The first-order valence-corrected chi connectivity index (χ1v) is 5.61. The van der Waals surface area contributed by atoms with Gasteiger partial charge in [0, 0.05) is 17.2 Å². The van der Waals surface area contributed by atoms with E-state index in [0.717, 1.165) is 36.3 Å². The van der Waals surface area contributed by atoms with Crippen LogP contribution >= 0.6 is 0 Å². The van der Waals surface area contributed by atoms with E-state index in [1.54, 1.807) is 0 Å². The number of ether oxygens (including phenoxy) is 2. The lowest BCUT2D eigenvalue weighted by Crippen LogP contribution is -2.17. The zero-order chi connectivity index (χ0) is 11.0. The Balaban J connectivity index is 1.98. The average Bonchev–Trinajstić information content (AvgIpc) is 2.81. The van der Waals surface area contributed by atoms with Crippen LogP contribution in [0.15, 0.2) is 12.1 Å². The fourth-order valence-electron chi connectivity index (χ4n) is 2.33. The van der Waals surface area contributed by atoms with Crippen LogP contribution in [0.3, 0.4) is 0 Å². The van der Waals surface area contributed by atoms with Crippen molar-refractivity contribution in [2.75, 3.05) is 13.3 Å². The summed E-state index contributed by atoms with van der Waals surface area (Å²) >= 11 is 0. The molecule has 1 N–H and O–H groups in total. The number of nitrogens with one attached hydrogen (secondary N) is 1. The highest BCUT2D eigenvalue weighted by atomic mass is 19.1. The van der Waals surface area contributed by atoms with E-state index in [4.69, 9.17) is 9.47 Å². The molecule has 1 atom stereocenters. The molecule has 0 bridgehead atoms. The van der Waals surface area contributed by atoms with Crippen molar-refractivity contribution >= 4 is 0 Å². The van der Waals surface area contributed by atoms with Crippen molar-refractivity contribution in [3.05, 3.63) is 29.1 Å². The van der Waals surface area contributed by atoms with Crippen molar-refractivity contribution < 1.29 is 13.9 Å². The molecule has 86 valence electrons. The smallest absolute Gasteiger partial charge is 0.189 e. The largest absolute Gasteiger partial charge is 0.467 e. The van der Waals surface area contributed by atoms with Gasteiger partial charge < -0.3 is 14.8 Å². The van der Waals surface area contributed by atoms with Crippen LogP contribution in [0, 0.1) is 5.82 Å². The van der Waals surface area contributed by atoms with Gasteiger partial charge in [-0.3, -0.25) is 0 Å². The maximum Gasteiger partial charge on any atom is 0.189 e. The van der Waals surface area contributed by atoms with Gasteiger partial charge in [0.25, 0.3) is 0 Å². The molecule has 3 nitrogen and oxygen atoms in total. The fourth-order valence-corrected chi connectivity index (χ4v) is 2.33. The van der Waals surface area contributed by atoms with E-state index >= 15 is 0 Å². The SMILES string of the molecule is Fc1cc2c(cc1C1CCCN1)OCOC2. The molecule has 0 saturated carbocycles. The lowest BCUT2D eigenvalue weighted by atomic mass is 10.0. The monoisotopic (exact) mass is 223 g/mol. The minimum Gasteiger partial charge on any atom is -0.467 e. The molecule has 0 aromatic heterocycles. The van der Waals surface area contributed by atoms with Gasteiger partial charge in [0.05, 0.1) is 6.61 Å². The third kappa shape index (κ3) is 1.68. The van der Waals surface area contributed by atoms with Gasteiger partial charge in [0.15, 0.2) is 6.79 Å². The maximum absolute atomic E-state index is 13.9. The maximum atomic E-state index is 13.9. The second-order valence-electron chi connectivity index (χ2n) is 4.24. The summed E-state index contributed by atoms with van der Waals surface area (Å²) in [7, 11) is 0. The molecule has 3 rings (SSSR count). The van der Waals surface area contributed by atoms with Crippen molar-refractivity contribution in [2.45, 2.75) is 25.5 Å². The van der Waals surface area contributed by atoms with E-state index in [9.17, 15) is 4.39 Å². The molecule has 0 aliphatic carbocycles. The van der Waals surface area contributed by atoms with Crippen molar-refractivity contribution in [3.8, 4) is 5.75 Å². The van der Waals surface area contributed by atoms with E-state index < -0.39 is 0 Å². The first-order chi connectivity index (χ1) is 7.84. The molecule has 16 heavy (non-hydrogen) atoms. The van der Waals surface area contributed by atoms with Gasteiger partial charge >= 0.3 is 0 Å². The van der Waals surface area contributed by atoms with Crippen LogP contribution in [0.4, 0.5) is 4.39 Å². The number of fused-ring (bicyclic) bond motifs is 1. The number of halogens is 1. The number of hydrogen-bond donors (Lipinski definition) is 1. The quantitative estimate of drug-likeness (QED) is 0.791. The van der Waals surface area contributed by atoms with Crippen LogP contribution in [0.5, 0.6) is 5.75 Å². The summed E-state index contributed by atoms with van der Waals surface area (Å²) in [5.41, 5.74) is 1.52. The van der Waals surface area contributed by atoms with Crippen LogP contribution in [0.25, 0.3) is 0 Å². The minimum atomic E-state index is -0.160. The molecule has 2 heterocycles. The van der Waals surface area contributed by atoms with Crippen LogP contribution in [0.2, 0.25) is 0 Å². The van der Waals surface area contributed by atoms with Crippen LogP contribution in [-0.4, -0.2) is 13.3 Å². The standard InChI is InChI=1S/C12H14FNO2/c13-10-4-8-6-15-7-16-12(8)5-9(10)11-2-1-3-14-11/h4-5,11,14H,1-3,6-7H2. The van der Waals surface area contributed by atoms with Gasteiger partial charge in [-0.15, -0.1) is 0 Å². The van der Waals surface area contributed by atoms with Crippen molar-refractivity contribution in [3.63, 3.8) is 0 Å². The number of rotatable bonds is 1. The van der Waals surface area contributed by atoms with Gasteiger partial charge in [-0.05, 0) is 31.5 Å². The Morgan fingerprint density at radius 2 is 2.31 bits per heavy atom. The lowest BCUT2D eigenvalue weighted by molar-refractivity contribution is -0.0166. The Kier molecular flexibility index (Phi) is 2.53. The van der Waals surface area contributed by atoms with E-state index in [-0.39, 0.29) is 18.7 Å². The normalized spacial score (nSPS) is 23.9. The van der Waals surface area contributed by atoms with Crippen molar-refractivity contribution in [1.29, 1.82) is 0 Å². The molecule has 2 aliphatic rings. The molecule has 0 radical (unpaired) electrons. The highest BCUT2D eigenvalue weighted by molar-refractivity contribution is 5.40. The Bertz CT molecular complexity index is 402. The Hall–Kier alpha value is -1.13. The first-order valence-electron chi connectivity index (χ1n) is 5.61. The van der Waals surface area contributed by atoms with Crippen LogP contribution in [0.1, 0.15) is 30.0 Å². The third-order valence-electron chi connectivity index (χ3n) is 3.17. The molecule has 1 aromatic carbocycles. The molecule has 1 fully saturated rings. The summed E-state index contributed by atoms with van der Waals surface area (Å²) in [6.07, 6.45) is 2.09. The Labute approximate surface area is 93.6 Å². The van der Waals surface area contributed by atoms with Gasteiger partial charge in [-0.2, -0.15) is 0 Å². The van der Waals surface area contributed by atoms with Gasteiger partial charge in [-0.1, -0.05) is 0 Å². The molecule has 1 aromatic rings. The van der Waals surface area contributed by atoms with Crippen LogP contribution in [-0.2, 0) is 11.3 Å². The molecular weight excluding hydrogens is 209 g/mol. The second kappa shape index (κ2) is 4.03. The fraction of sp³-hybridized carbons (Fsp3) is 0.500. The first kappa shape index (κ1) is 10.1. The zero-order valence-corrected chi connectivity index (χ0v) is 8.96. The van der Waals surface area contributed by atoms with E-state index in [1.807, 2.05) is 6.07 Å². The van der Waals surface area contributed by atoms with Gasteiger partial charge in [-0.25, -0.2) is 4.39 Å². The lowest BCUT2D eigenvalue weighted by Gasteiger charge is -2.20. The van der Waals surface area contributed by atoms with E-state index in [1.165, 1.54) is 6.07 Å². The predicted molar refractivity (Wildman–Crippen MR) is 56.7 cm³/mol. The predicted octanol–water partition coefficient (Wildman–Crippen LogP) is 2.12. The second-order valence-corrected chi connectivity index (χ2v) is 4.24. The highest BCUT2D eigenvalue weighted by Crippen LogP contribution is 2.32. The molecule has 0 amide bonds.